The van der Waals surface area contributed by atoms with E-state index in [4.69, 9.17) is 0 Å². The number of fused-ring (bicyclic) bond motifs is 1. The lowest BCUT2D eigenvalue weighted by Crippen LogP contribution is -2.17. The number of alkyl halides is 3. The van der Waals surface area contributed by atoms with E-state index in [1.165, 1.54) is 11.3 Å². The van der Waals surface area contributed by atoms with Gasteiger partial charge in [-0.25, -0.2) is 13.4 Å². The van der Waals surface area contributed by atoms with Crippen molar-refractivity contribution in [2.45, 2.75) is 19.2 Å². The summed E-state index contributed by atoms with van der Waals surface area (Å²) >= 11 is 10.3. The molecule has 1 heterocycles. The van der Waals surface area contributed by atoms with Gasteiger partial charge in [0.05, 0.1) is 10.2 Å². The van der Waals surface area contributed by atoms with Gasteiger partial charge in [-0.05, 0) is 65.8 Å². The molecule has 98 valence electrons. The number of rotatable bonds is 2. The number of thiazole rings is 1. The van der Waals surface area contributed by atoms with E-state index in [2.05, 4.69) is 52.8 Å². The van der Waals surface area contributed by atoms with E-state index >= 15 is 0 Å². The van der Waals surface area contributed by atoms with Crippen molar-refractivity contribution >= 4 is 79.2 Å². The summed E-state index contributed by atoms with van der Waals surface area (Å²) < 4.78 is 24.1. The molecule has 0 saturated heterocycles. The molecule has 3 nitrogen and oxygen atoms in total. The molecule has 18 heavy (non-hydrogen) atoms. The van der Waals surface area contributed by atoms with Gasteiger partial charge in [-0.2, -0.15) is 0 Å². The number of para-hydroxylation sites is 1. The van der Waals surface area contributed by atoms with Crippen LogP contribution in [-0.4, -0.2) is 14.9 Å². The second kappa shape index (κ2) is 5.12. The van der Waals surface area contributed by atoms with Crippen molar-refractivity contribution in [1.82, 2.24) is 4.98 Å². The Hall–Kier alpha value is 0.500. The molecule has 2 aromatic rings. The minimum absolute atomic E-state index is 0.0871. The molecule has 0 aliphatic heterocycles. The number of aryl methyl sites for hydroxylation is 1. The summed E-state index contributed by atoms with van der Waals surface area (Å²) in [6.07, 6.45) is 0.822. The van der Waals surface area contributed by atoms with E-state index in [9.17, 15) is 8.42 Å². The Bertz CT molecular complexity index is 689. The van der Waals surface area contributed by atoms with Gasteiger partial charge >= 0.3 is 0 Å². The van der Waals surface area contributed by atoms with Crippen LogP contribution in [0.15, 0.2) is 22.5 Å². The first-order chi connectivity index (χ1) is 8.27. The monoisotopic (exact) mass is 475 g/mol. The Balaban J connectivity index is 2.69. The third-order valence-electron chi connectivity index (χ3n) is 2.40. The number of halogens is 3. The van der Waals surface area contributed by atoms with Crippen molar-refractivity contribution in [3.8, 4) is 0 Å². The summed E-state index contributed by atoms with van der Waals surface area (Å²) in [5.74, 6) is 0. The summed E-state index contributed by atoms with van der Waals surface area (Å²) in [5.41, 5.74) is 1.81. The maximum Gasteiger partial charge on any atom is 0.241 e. The van der Waals surface area contributed by atoms with Crippen LogP contribution in [-0.2, 0) is 16.3 Å². The topological polar surface area (TPSA) is 47.0 Å². The van der Waals surface area contributed by atoms with Crippen LogP contribution >= 0.6 is 59.1 Å². The molecule has 0 unspecified atom stereocenters. The predicted octanol–water partition coefficient (Wildman–Crippen LogP) is 4.43. The summed E-state index contributed by atoms with van der Waals surface area (Å²) in [5, 5.41) is 0. The van der Waals surface area contributed by atoms with Gasteiger partial charge in [-0.15, -0.1) is 11.3 Å². The molecular weight excluding hydrogens is 470 g/mol. The lowest BCUT2D eigenvalue weighted by molar-refractivity contribution is 0.598. The van der Waals surface area contributed by atoms with Gasteiger partial charge in [-0.1, -0.05) is 19.1 Å². The SMILES string of the molecule is CCc1cccc2sc(S(=O)(=O)C(Br)(Br)Br)nc12. The Kier molecular flexibility index (Phi) is 4.24. The zero-order valence-corrected chi connectivity index (χ0v) is 15.5. The van der Waals surface area contributed by atoms with Crippen LogP contribution in [0.4, 0.5) is 0 Å². The molecule has 8 heteroatoms. The van der Waals surface area contributed by atoms with Gasteiger partial charge in [-0.3, -0.25) is 0 Å². The molecule has 0 bridgehead atoms. The minimum Gasteiger partial charge on any atom is -0.225 e. The van der Waals surface area contributed by atoms with Crippen molar-refractivity contribution in [3.63, 3.8) is 0 Å². The molecule has 0 spiro atoms. The maximum absolute atomic E-state index is 12.2. The van der Waals surface area contributed by atoms with Crippen LogP contribution in [0.1, 0.15) is 12.5 Å². The summed E-state index contributed by atoms with van der Waals surface area (Å²) in [6, 6.07) is 5.76. The summed E-state index contributed by atoms with van der Waals surface area (Å²) in [7, 11) is -3.61. The highest BCUT2D eigenvalue weighted by atomic mass is 80.0. The van der Waals surface area contributed by atoms with Crippen LogP contribution in [0.5, 0.6) is 0 Å². The molecule has 2 rings (SSSR count). The van der Waals surface area contributed by atoms with Crippen molar-refractivity contribution < 1.29 is 8.42 Å². The average Bonchev–Trinajstić information content (AvgIpc) is 2.71. The van der Waals surface area contributed by atoms with E-state index in [0.717, 1.165) is 22.2 Å². The normalized spacial score (nSPS) is 13.1. The van der Waals surface area contributed by atoms with Crippen LogP contribution < -0.4 is 0 Å². The van der Waals surface area contributed by atoms with Crippen molar-refractivity contribution in [3.05, 3.63) is 23.8 Å². The van der Waals surface area contributed by atoms with Crippen LogP contribution in [0.25, 0.3) is 10.2 Å². The first-order valence-corrected chi connectivity index (χ1v) is 9.65. The highest BCUT2D eigenvalue weighted by molar-refractivity contribution is 9.42. The molecule has 0 fully saturated rings. The fourth-order valence-electron chi connectivity index (χ4n) is 1.48. The number of hydrogen-bond acceptors (Lipinski definition) is 4. The Morgan fingerprint density at radius 3 is 2.56 bits per heavy atom. The van der Waals surface area contributed by atoms with E-state index in [1.807, 2.05) is 25.1 Å². The van der Waals surface area contributed by atoms with Crippen LogP contribution in [0.3, 0.4) is 0 Å². The third kappa shape index (κ3) is 2.54. The zero-order chi connectivity index (χ0) is 13.6. The second-order valence-corrected chi connectivity index (χ2v) is 15.2. The Morgan fingerprint density at radius 1 is 1.33 bits per heavy atom. The largest absolute Gasteiger partial charge is 0.241 e. The number of benzene rings is 1. The molecule has 0 aliphatic rings. The van der Waals surface area contributed by atoms with Gasteiger partial charge in [0.2, 0.25) is 15.7 Å². The molecule has 1 aromatic heterocycles. The highest BCUT2D eigenvalue weighted by Gasteiger charge is 2.40. The number of hydrogen-bond donors (Lipinski definition) is 0. The van der Waals surface area contributed by atoms with Gasteiger partial charge in [0.1, 0.15) is 0 Å². The molecule has 0 saturated carbocycles. The molecule has 0 radical (unpaired) electrons. The lowest BCUT2D eigenvalue weighted by atomic mass is 10.1. The van der Waals surface area contributed by atoms with Gasteiger partial charge in [0, 0.05) is 0 Å². The molecule has 1 aromatic carbocycles. The molecule has 0 aliphatic carbocycles. The third-order valence-corrected chi connectivity index (χ3v) is 9.12. The van der Waals surface area contributed by atoms with Gasteiger partial charge < -0.3 is 0 Å². The zero-order valence-electron chi connectivity index (χ0n) is 9.15. The molecule has 0 atom stereocenters. The maximum atomic E-state index is 12.2. The van der Waals surface area contributed by atoms with E-state index in [1.54, 1.807) is 0 Å². The molecule has 0 amide bonds. The summed E-state index contributed by atoms with van der Waals surface area (Å²) in [4.78, 5) is 4.26. The number of nitrogens with zero attached hydrogens (tertiary/aromatic N) is 1. The number of aromatic nitrogens is 1. The number of sulfone groups is 1. The van der Waals surface area contributed by atoms with E-state index in [0.29, 0.717) is 0 Å². The highest BCUT2D eigenvalue weighted by Crippen LogP contribution is 2.45. The fraction of sp³-hybridized carbons (Fsp3) is 0.300. The lowest BCUT2D eigenvalue weighted by Gasteiger charge is -2.09. The summed E-state index contributed by atoms with van der Waals surface area (Å²) in [6.45, 7) is 2.02. The second-order valence-electron chi connectivity index (χ2n) is 3.55. The predicted molar refractivity (Wildman–Crippen MR) is 85.7 cm³/mol. The minimum atomic E-state index is -3.61. The smallest absolute Gasteiger partial charge is 0.225 e. The Labute approximate surface area is 134 Å². The van der Waals surface area contributed by atoms with E-state index in [-0.39, 0.29) is 4.34 Å². The van der Waals surface area contributed by atoms with Crippen LogP contribution in [0, 0.1) is 0 Å². The van der Waals surface area contributed by atoms with Crippen molar-refractivity contribution in [2.24, 2.45) is 0 Å². The van der Waals surface area contributed by atoms with Crippen molar-refractivity contribution in [2.75, 3.05) is 0 Å². The van der Waals surface area contributed by atoms with Gasteiger partial charge in [0.25, 0.3) is 0 Å². The first-order valence-electron chi connectivity index (χ1n) is 4.97. The average molecular weight is 478 g/mol. The standard InChI is InChI=1S/C10H8Br3NO2S2/c1-2-6-4-3-5-7-8(6)14-9(17-7)18(15,16)10(11,12)13/h3-5H,2H2,1H3. The fourth-order valence-corrected chi connectivity index (χ4v) is 6.07. The Morgan fingerprint density at radius 2 is 2.00 bits per heavy atom. The first kappa shape index (κ1) is 14.9. The van der Waals surface area contributed by atoms with Gasteiger partial charge in [0.15, 0.2) is 0 Å². The quantitative estimate of drug-likeness (QED) is 0.601. The molecular formula is C10H8Br3NO2S2. The van der Waals surface area contributed by atoms with Crippen LogP contribution in [0.2, 0.25) is 0 Å². The molecule has 0 N–H and O–H groups in total. The van der Waals surface area contributed by atoms with E-state index < -0.39 is 11.3 Å². The van der Waals surface area contributed by atoms with Crippen molar-refractivity contribution in [1.29, 1.82) is 0 Å².